The molecule has 0 amide bonds. The Labute approximate surface area is 320 Å². The molecule has 10 atom stereocenters. The number of carbonyl (C=O) groups is 4. The van der Waals surface area contributed by atoms with Crippen molar-refractivity contribution in [1.29, 1.82) is 0 Å². The van der Waals surface area contributed by atoms with Crippen LogP contribution in [0, 0.1) is 17.8 Å². The summed E-state index contributed by atoms with van der Waals surface area (Å²) in [5.74, 6) is -5.71. The standard InChI is InChI=1S/C42H62O12/c1-13-25(2)23-26(3)19-20-31(44)50-36-35(46)41(22-21-27(4)32(49-29(6)43)28(5)24-30-17-15-14-16-18-30)51-33(37(47)52-39(7,8)9)34(45)42(36,54-41)38(48)53-40(10,11)12/h14-20,25-26,28,32-36,45-46H,4,13,21-24H2,1-3,5-12H3/b20-19+/t25?,26?,28?,32?,33-,34+,35+,36+,41-,42-/m0/s1. The highest BCUT2D eigenvalue weighted by Gasteiger charge is 2.78. The number of hydrogen-bond donors (Lipinski definition) is 2. The lowest BCUT2D eigenvalue weighted by molar-refractivity contribution is -0.356. The van der Waals surface area contributed by atoms with Crippen LogP contribution in [0.1, 0.15) is 107 Å². The first-order valence-electron chi connectivity index (χ1n) is 18.9. The normalized spacial score (nSPS) is 27.7. The molecule has 0 aromatic heterocycles. The highest BCUT2D eigenvalue weighted by Crippen LogP contribution is 2.52. The molecule has 0 spiro atoms. The molecule has 2 heterocycles. The van der Waals surface area contributed by atoms with Gasteiger partial charge in [0, 0.05) is 25.3 Å². The Balaban J connectivity index is 2.08. The van der Waals surface area contributed by atoms with Gasteiger partial charge in [0.1, 0.15) is 29.5 Å². The maximum atomic E-state index is 14.3. The average Bonchev–Trinajstić information content (AvgIpc) is 3.26. The molecule has 2 aliphatic heterocycles. The molecule has 2 bridgehead atoms. The van der Waals surface area contributed by atoms with Crippen LogP contribution < -0.4 is 0 Å². The number of aliphatic hydroxyl groups is 2. The van der Waals surface area contributed by atoms with Crippen LogP contribution in [0.4, 0.5) is 0 Å². The Bertz CT molecular complexity index is 1510. The van der Waals surface area contributed by atoms with E-state index >= 15 is 0 Å². The summed E-state index contributed by atoms with van der Waals surface area (Å²) in [6.45, 7) is 23.2. The van der Waals surface area contributed by atoms with Crippen LogP contribution in [0.25, 0.3) is 0 Å². The summed E-state index contributed by atoms with van der Waals surface area (Å²) in [7, 11) is 0. The lowest BCUT2D eigenvalue weighted by Gasteiger charge is -2.46. The molecule has 1 aromatic rings. The van der Waals surface area contributed by atoms with Crippen molar-refractivity contribution in [3.05, 3.63) is 60.2 Å². The molecule has 2 fully saturated rings. The molecule has 2 aliphatic rings. The number of fused-ring (bicyclic) bond motifs is 2. The first kappa shape index (κ1) is 44.8. The van der Waals surface area contributed by atoms with Crippen LogP contribution in [0.3, 0.4) is 0 Å². The third-order valence-electron chi connectivity index (χ3n) is 9.59. The van der Waals surface area contributed by atoms with Crippen molar-refractivity contribution in [3.63, 3.8) is 0 Å². The van der Waals surface area contributed by atoms with Crippen LogP contribution in [0.2, 0.25) is 0 Å². The molecule has 0 aliphatic carbocycles. The maximum Gasteiger partial charge on any atom is 0.346 e. The first-order valence-corrected chi connectivity index (χ1v) is 18.9. The van der Waals surface area contributed by atoms with Gasteiger partial charge in [-0.25, -0.2) is 14.4 Å². The van der Waals surface area contributed by atoms with E-state index in [4.69, 9.17) is 28.4 Å². The average molecular weight is 759 g/mol. The number of ether oxygens (including phenoxy) is 6. The van der Waals surface area contributed by atoms with Gasteiger partial charge in [-0.3, -0.25) is 4.79 Å². The molecular formula is C42H62O12. The fourth-order valence-corrected chi connectivity index (χ4v) is 6.92. The van der Waals surface area contributed by atoms with Gasteiger partial charge in [-0.05, 0) is 83.8 Å². The molecule has 4 unspecified atom stereocenters. The highest BCUT2D eigenvalue weighted by atomic mass is 16.8. The van der Waals surface area contributed by atoms with Crippen molar-refractivity contribution in [2.24, 2.45) is 17.8 Å². The zero-order chi connectivity index (χ0) is 40.8. The minimum atomic E-state index is -2.63. The number of esters is 4. The topological polar surface area (TPSA) is 164 Å². The lowest BCUT2D eigenvalue weighted by Crippen LogP contribution is -2.68. The zero-order valence-electron chi connectivity index (χ0n) is 33.9. The van der Waals surface area contributed by atoms with Gasteiger partial charge in [-0.15, -0.1) is 0 Å². The van der Waals surface area contributed by atoms with E-state index in [0.29, 0.717) is 17.9 Å². The van der Waals surface area contributed by atoms with E-state index in [1.807, 2.05) is 44.2 Å². The zero-order valence-corrected chi connectivity index (χ0v) is 33.9. The highest BCUT2D eigenvalue weighted by molar-refractivity contribution is 5.88. The smallest absolute Gasteiger partial charge is 0.346 e. The van der Waals surface area contributed by atoms with Gasteiger partial charge in [0.25, 0.3) is 0 Å². The van der Waals surface area contributed by atoms with Crippen molar-refractivity contribution in [1.82, 2.24) is 0 Å². The maximum absolute atomic E-state index is 14.3. The minimum Gasteiger partial charge on any atom is -0.458 e. The molecule has 1 aromatic carbocycles. The van der Waals surface area contributed by atoms with Crippen LogP contribution in [0.15, 0.2) is 54.6 Å². The van der Waals surface area contributed by atoms with Crippen molar-refractivity contribution in [2.75, 3.05) is 0 Å². The summed E-state index contributed by atoms with van der Waals surface area (Å²) >= 11 is 0. The summed E-state index contributed by atoms with van der Waals surface area (Å²) < 4.78 is 35.4. The predicted molar refractivity (Wildman–Crippen MR) is 201 cm³/mol. The number of rotatable bonds is 16. The van der Waals surface area contributed by atoms with Gasteiger partial charge in [-0.2, -0.15) is 0 Å². The van der Waals surface area contributed by atoms with E-state index in [2.05, 4.69) is 20.4 Å². The number of allylic oxidation sites excluding steroid dienone is 1. The van der Waals surface area contributed by atoms with Crippen molar-refractivity contribution >= 4 is 23.9 Å². The Morgan fingerprint density at radius 3 is 2.13 bits per heavy atom. The quantitative estimate of drug-likeness (QED) is 0.0884. The van der Waals surface area contributed by atoms with Gasteiger partial charge >= 0.3 is 23.9 Å². The molecule has 302 valence electrons. The van der Waals surface area contributed by atoms with Gasteiger partial charge in [-0.1, -0.05) is 77.1 Å². The van der Waals surface area contributed by atoms with E-state index in [1.165, 1.54) is 13.0 Å². The first-order chi connectivity index (χ1) is 24.9. The number of hydrogen-bond acceptors (Lipinski definition) is 12. The Hall–Kier alpha value is -3.58. The molecule has 12 heteroatoms. The van der Waals surface area contributed by atoms with Gasteiger partial charge in [0.2, 0.25) is 11.4 Å². The third-order valence-corrected chi connectivity index (χ3v) is 9.59. The summed E-state index contributed by atoms with van der Waals surface area (Å²) in [5.41, 5.74) is -3.35. The molecule has 3 rings (SSSR count). The van der Waals surface area contributed by atoms with E-state index in [1.54, 1.807) is 47.6 Å². The molecule has 12 nitrogen and oxygen atoms in total. The van der Waals surface area contributed by atoms with E-state index in [9.17, 15) is 29.4 Å². The van der Waals surface area contributed by atoms with Crippen LogP contribution in [0.5, 0.6) is 0 Å². The summed E-state index contributed by atoms with van der Waals surface area (Å²) in [5, 5.41) is 24.0. The Kier molecular flexibility index (Phi) is 14.9. The largest absolute Gasteiger partial charge is 0.458 e. The summed E-state index contributed by atoms with van der Waals surface area (Å²) in [4.78, 5) is 53.7. The molecule has 2 saturated heterocycles. The Morgan fingerprint density at radius 2 is 1.57 bits per heavy atom. The van der Waals surface area contributed by atoms with Crippen molar-refractivity contribution < 1.29 is 57.8 Å². The van der Waals surface area contributed by atoms with Gasteiger partial charge in [0.05, 0.1) is 0 Å². The van der Waals surface area contributed by atoms with Crippen molar-refractivity contribution in [3.8, 4) is 0 Å². The second kappa shape index (κ2) is 17.9. The van der Waals surface area contributed by atoms with Crippen LogP contribution in [-0.2, 0) is 54.0 Å². The fraction of sp³-hybridized carbons (Fsp3) is 0.667. The lowest BCUT2D eigenvalue weighted by atomic mass is 9.85. The minimum absolute atomic E-state index is 0.00794. The second-order valence-electron chi connectivity index (χ2n) is 17.0. The van der Waals surface area contributed by atoms with E-state index in [0.717, 1.165) is 18.4 Å². The molecule has 54 heavy (non-hydrogen) atoms. The van der Waals surface area contributed by atoms with Gasteiger partial charge < -0.3 is 38.6 Å². The van der Waals surface area contributed by atoms with Crippen LogP contribution in [-0.4, -0.2) is 87.2 Å². The third kappa shape index (κ3) is 11.2. The van der Waals surface area contributed by atoms with Crippen molar-refractivity contribution in [2.45, 2.75) is 161 Å². The molecule has 0 radical (unpaired) electrons. The fourth-order valence-electron chi connectivity index (χ4n) is 6.92. The van der Waals surface area contributed by atoms with E-state index < -0.39 is 77.0 Å². The monoisotopic (exact) mass is 758 g/mol. The molecule has 0 saturated carbocycles. The molecular weight excluding hydrogens is 696 g/mol. The number of aliphatic hydroxyl groups excluding tert-OH is 2. The van der Waals surface area contributed by atoms with Gasteiger partial charge in [0.15, 0.2) is 12.2 Å². The van der Waals surface area contributed by atoms with Crippen LogP contribution >= 0.6 is 0 Å². The Morgan fingerprint density at radius 1 is 0.963 bits per heavy atom. The summed E-state index contributed by atoms with van der Waals surface area (Å²) in [6, 6.07) is 9.65. The second-order valence-corrected chi connectivity index (χ2v) is 17.0. The van der Waals surface area contributed by atoms with E-state index in [-0.39, 0.29) is 24.7 Å². The molecule has 2 N–H and O–H groups in total. The summed E-state index contributed by atoms with van der Waals surface area (Å²) in [6.07, 6.45) is -3.71. The number of benzene rings is 1. The SMILES string of the molecule is C=C(CC[C@]12O[C@H](C(=O)OC(C)(C)C)[C@@H](O)[C@](C(=O)OC(C)(C)C)(O1)[C@H](OC(=O)/C=C/C(C)CC(C)CC)[C@H]2O)C(OC(C)=O)C(C)Cc1ccccc1. The number of carbonyl (C=O) groups excluding carboxylic acids is 4. The predicted octanol–water partition coefficient (Wildman–Crippen LogP) is 5.94.